The zero-order valence-corrected chi connectivity index (χ0v) is 10.6. The number of aryl methyl sites for hydroxylation is 1. The van der Waals surface area contributed by atoms with Gasteiger partial charge in [-0.25, -0.2) is 4.98 Å². The van der Waals surface area contributed by atoms with Crippen LogP contribution in [0.3, 0.4) is 0 Å². The number of nitrogens with zero attached hydrogens (tertiary/aromatic N) is 3. The summed E-state index contributed by atoms with van der Waals surface area (Å²) in [5, 5.41) is 8.80. The van der Waals surface area contributed by atoms with Gasteiger partial charge in [-0.3, -0.25) is 0 Å². The zero-order chi connectivity index (χ0) is 12.3. The van der Waals surface area contributed by atoms with Crippen LogP contribution in [-0.2, 0) is 0 Å². The fraction of sp³-hybridized carbons (Fsp3) is 0.0833. The third kappa shape index (κ3) is 2.80. The molecule has 0 fully saturated rings. The Labute approximate surface area is 107 Å². The molecular weight excluding hydrogens is 282 g/mol. The predicted molar refractivity (Wildman–Crippen MR) is 65.7 cm³/mol. The van der Waals surface area contributed by atoms with E-state index < -0.39 is 0 Å². The van der Waals surface area contributed by atoms with Crippen molar-refractivity contribution in [3.63, 3.8) is 0 Å². The molecule has 0 aliphatic rings. The highest BCUT2D eigenvalue weighted by molar-refractivity contribution is 9.10. The Balaban J connectivity index is 2.34. The van der Waals surface area contributed by atoms with Crippen molar-refractivity contribution in [2.45, 2.75) is 6.92 Å². The Bertz CT molecular complexity index is 593. The maximum Gasteiger partial charge on any atom is 0.323 e. The van der Waals surface area contributed by atoms with E-state index >= 15 is 0 Å². The zero-order valence-electron chi connectivity index (χ0n) is 9.01. The molecule has 0 unspecified atom stereocenters. The molecule has 0 N–H and O–H groups in total. The molecular formula is C12H8BrN3O. The second kappa shape index (κ2) is 4.93. The van der Waals surface area contributed by atoms with Gasteiger partial charge in [-0.2, -0.15) is 10.2 Å². The van der Waals surface area contributed by atoms with Gasteiger partial charge in [0.2, 0.25) is 0 Å². The van der Waals surface area contributed by atoms with Gasteiger partial charge in [-0.1, -0.05) is 12.1 Å². The molecule has 0 atom stereocenters. The van der Waals surface area contributed by atoms with Crippen LogP contribution in [0.2, 0.25) is 0 Å². The monoisotopic (exact) mass is 289 g/mol. The van der Waals surface area contributed by atoms with Crippen LogP contribution >= 0.6 is 15.9 Å². The van der Waals surface area contributed by atoms with E-state index in [1.165, 1.54) is 0 Å². The SMILES string of the molecule is Cc1cc(C#N)nc(Oc2ccccc2Br)n1. The average Bonchev–Trinajstić information content (AvgIpc) is 2.31. The second-order valence-corrected chi connectivity index (χ2v) is 4.18. The van der Waals surface area contributed by atoms with Gasteiger partial charge in [0.1, 0.15) is 17.5 Å². The summed E-state index contributed by atoms with van der Waals surface area (Å²) in [6.07, 6.45) is 0. The van der Waals surface area contributed by atoms with Gasteiger partial charge in [-0.05, 0) is 41.1 Å². The van der Waals surface area contributed by atoms with Gasteiger partial charge in [0.15, 0.2) is 0 Å². The largest absolute Gasteiger partial charge is 0.423 e. The van der Waals surface area contributed by atoms with Gasteiger partial charge in [0.25, 0.3) is 0 Å². The molecule has 1 aromatic heterocycles. The summed E-state index contributed by atoms with van der Waals surface area (Å²) < 4.78 is 6.32. The summed E-state index contributed by atoms with van der Waals surface area (Å²) in [5.41, 5.74) is 0.984. The van der Waals surface area contributed by atoms with Gasteiger partial charge in [-0.15, -0.1) is 0 Å². The number of hydrogen-bond acceptors (Lipinski definition) is 4. The van der Waals surface area contributed by atoms with Crippen molar-refractivity contribution < 1.29 is 4.74 Å². The molecule has 2 aromatic rings. The molecule has 0 saturated carbocycles. The Hall–Kier alpha value is -1.93. The normalized spacial score (nSPS) is 9.71. The van der Waals surface area contributed by atoms with Crippen molar-refractivity contribution in [1.82, 2.24) is 9.97 Å². The molecule has 4 nitrogen and oxygen atoms in total. The number of benzene rings is 1. The van der Waals surface area contributed by atoms with Crippen LogP contribution in [0.4, 0.5) is 0 Å². The van der Waals surface area contributed by atoms with E-state index in [0.29, 0.717) is 17.1 Å². The summed E-state index contributed by atoms with van der Waals surface area (Å²) in [4.78, 5) is 8.09. The predicted octanol–water partition coefficient (Wildman–Crippen LogP) is 3.21. The highest BCUT2D eigenvalue weighted by atomic mass is 79.9. The lowest BCUT2D eigenvalue weighted by molar-refractivity contribution is 0.437. The third-order valence-corrected chi connectivity index (χ3v) is 2.64. The fourth-order valence-electron chi connectivity index (χ4n) is 1.27. The van der Waals surface area contributed by atoms with Crippen LogP contribution in [-0.4, -0.2) is 9.97 Å². The maximum absolute atomic E-state index is 8.80. The van der Waals surface area contributed by atoms with Crippen molar-refractivity contribution in [1.29, 1.82) is 5.26 Å². The van der Waals surface area contributed by atoms with Crippen LogP contribution in [0.1, 0.15) is 11.4 Å². The standard InChI is InChI=1S/C12H8BrN3O/c1-8-6-9(7-14)16-12(15-8)17-11-5-3-2-4-10(11)13/h2-6H,1H3. The van der Waals surface area contributed by atoms with Crippen molar-refractivity contribution in [3.05, 3.63) is 46.2 Å². The molecule has 1 aromatic carbocycles. The minimum absolute atomic E-state index is 0.174. The molecule has 2 rings (SSSR count). The van der Waals surface area contributed by atoms with Crippen molar-refractivity contribution >= 4 is 15.9 Å². The van der Waals surface area contributed by atoms with Crippen LogP contribution in [0.25, 0.3) is 0 Å². The summed E-state index contributed by atoms with van der Waals surface area (Å²) >= 11 is 3.36. The average molecular weight is 290 g/mol. The van der Waals surface area contributed by atoms with Gasteiger partial charge < -0.3 is 4.74 Å². The smallest absolute Gasteiger partial charge is 0.323 e. The summed E-state index contributed by atoms with van der Waals surface area (Å²) in [6, 6.07) is 11.1. The fourth-order valence-corrected chi connectivity index (χ4v) is 1.64. The van der Waals surface area contributed by atoms with Crippen LogP contribution in [0.5, 0.6) is 11.8 Å². The molecule has 0 aliphatic heterocycles. The first-order chi connectivity index (χ1) is 8.19. The van der Waals surface area contributed by atoms with Crippen molar-refractivity contribution in [2.24, 2.45) is 0 Å². The maximum atomic E-state index is 8.80. The van der Waals surface area contributed by atoms with Crippen LogP contribution < -0.4 is 4.74 Å². The first kappa shape index (κ1) is 11.6. The minimum atomic E-state index is 0.174. The van der Waals surface area contributed by atoms with E-state index in [1.807, 2.05) is 24.3 Å². The second-order valence-electron chi connectivity index (χ2n) is 3.32. The molecule has 0 spiro atoms. The lowest BCUT2D eigenvalue weighted by Gasteiger charge is -2.06. The van der Waals surface area contributed by atoms with Crippen molar-refractivity contribution in [2.75, 3.05) is 0 Å². The molecule has 0 aliphatic carbocycles. The Kier molecular flexibility index (Phi) is 3.35. The quantitative estimate of drug-likeness (QED) is 0.852. The van der Waals surface area contributed by atoms with Gasteiger partial charge in [0.05, 0.1) is 4.47 Å². The summed E-state index contributed by atoms with van der Waals surface area (Å²) in [7, 11) is 0. The van der Waals surface area contributed by atoms with Gasteiger partial charge in [0, 0.05) is 5.69 Å². The van der Waals surface area contributed by atoms with Gasteiger partial charge >= 0.3 is 6.01 Å². The number of nitriles is 1. The molecule has 0 radical (unpaired) electrons. The van der Waals surface area contributed by atoms with E-state index in [1.54, 1.807) is 19.1 Å². The number of para-hydroxylation sites is 1. The third-order valence-electron chi connectivity index (χ3n) is 1.99. The lowest BCUT2D eigenvalue weighted by atomic mass is 10.3. The molecule has 1 heterocycles. The Morgan fingerprint density at radius 1 is 1.29 bits per heavy atom. The number of rotatable bonds is 2. The Morgan fingerprint density at radius 2 is 2.06 bits per heavy atom. The topological polar surface area (TPSA) is 58.8 Å². The first-order valence-corrected chi connectivity index (χ1v) is 5.66. The van der Waals surface area contributed by atoms with E-state index in [-0.39, 0.29) is 6.01 Å². The Morgan fingerprint density at radius 3 is 2.76 bits per heavy atom. The number of ether oxygens (including phenoxy) is 1. The highest BCUT2D eigenvalue weighted by Gasteiger charge is 2.06. The molecule has 0 amide bonds. The molecule has 0 saturated heterocycles. The summed E-state index contributed by atoms with van der Waals surface area (Å²) in [5.74, 6) is 0.613. The van der Waals surface area contributed by atoms with E-state index in [9.17, 15) is 0 Å². The van der Waals surface area contributed by atoms with Crippen LogP contribution in [0.15, 0.2) is 34.8 Å². The van der Waals surface area contributed by atoms with E-state index in [0.717, 1.165) is 4.47 Å². The molecule has 17 heavy (non-hydrogen) atoms. The molecule has 5 heteroatoms. The van der Waals surface area contributed by atoms with Crippen LogP contribution in [0, 0.1) is 18.3 Å². The minimum Gasteiger partial charge on any atom is -0.423 e. The van der Waals surface area contributed by atoms with E-state index in [4.69, 9.17) is 10.00 Å². The summed E-state index contributed by atoms with van der Waals surface area (Å²) in [6.45, 7) is 1.79. The van der Waals surface area contributed by atoms with E-state index in [2.05, 4.69) is 25.9 Å². The number of aromatic nitrogens is 2. The number of halogens is 1. The van der Waals surface area contributed by atoms with Crippen molar-refractivity contribution in [3.8, 4) is 17.8 Å². The molecule has 84 valence electrons. The molecule has 0 bridgehead atoms. The number of hydrogen-bond donors (Lipinski definition) is 0. The lowest BCUT2D eigenvalue weighted by Crippen LogP contribution is -1.96. The first-order valence-electron chi connectivity index (χ1n) is 4.87. The highest BCUT2D eigenvalue weighted by Crippen LogP contribution is 2.27.